The van der Waals surface area contributed by atoms with Crippen LogP contribution in [0.2, 0.25) is 0 Å². The van der Waals surface area contributed by atoms with Crippen molar-refractivity contribution in [2.24, 2.45) is 0 Å². The lowest BCUT2D eigenvalue weighted by molar-refractivity contribution is -0.389. The number of rotatable bonds is 18. The second-order valence-electron chi connectivity index (χ2n) is 7.99. The first-order valence-electron chi connectivity index (χ1n) is 11.7. The predicted octanol–water partition coefficient (Wildman–Crippen LogP) is 6.55. The van der Waals surface area contributed by atoms with Gasteiger partial charge in [-0.15, -0.1) is 0 Å². The van der Waals surface area contributed by atoms with Crippen LogP contribution in [0.15, 0.2) is 0 Å². The lowest BCUT2D eigenvalue weighted by Crippen LogP contribution is -2.47. The lowest BCUT2D eigenvalue weighted by Gasteiger charge is -2.36. The highest BCUT2D eigenvalue weighted by atomic mass is 16.9. The molecule has 0 N–H and O–H groups in total. The Morgan fingerprint density at radius 1 is 0.704 bits per heavy atom. The molecule has 0 aromatic carbocycles. The van der Waals surface area contributed by atoms with Gasteiger partial charge in [-0.05, 0) is 12.8 Å². The summed E-state index contributed by atoms with van der Waals surface area (Å²) in [5.41, 5.74) is 0. The molecule has 1 rings (SSSR count). The second kappa shape index (κ2) is 16.5. The fourth-order valence-corrected chi connectivity index (χ4v) is 3.53. The molecule has 27 heavy (non-hydrogen) atoms. The van der Waals surface area contributed by atoms with Gasteiger partial charge in [-0.2, -0.15) is 0 Å². The van der Waals surface area contributed by atoms with Crippen LogP contribution in [0.25, 0.3) is 0 Å². The molecule has 0 bridgehead atoms. The zero-order valence-corrected chi connectivity index (χ0v) is 18.1. The lowest BCUT2D eigenvalue weighted by atomic mass is 10.1. The molecular weight excluding hydrogens is 340 g/mol. The van der Waals surface area contributed by atoms with Crippen LogP contribution >= 0.6 is 0 Å². The zero-order valence-electron chi connectivity index (χ0n) is 18.1. The molecule has 0 unspecified atom stereocenters. The SMILES string of the molecule is CCCCCCCCCCCCOC1(CCCCCCC)OCC(=O)CO1. The van der Waals surface area contributed by atoms with Crippen molar-refractivity contribution in [3.05, 3.63) is 0 Å². The number of hydrogen-bond donors (Lipinski definition) is 0. The fourth-order valence-electron chi connectivity index (χ4n) is 3.53. The second-order valence-corrected chi connectivity index (χ2v) is 7.99. The maximum absolute atomic E-state index is 11.4. The summed E-state index contributed by atoms with van der Waals surface area (Å²) in [5.74, 6) is -0.974. The Bertz CT molecular complexity index is 346. The summed E-state index contributed by atoms with van der Waals surface area (Å²) in [4.78, 5) is 11.4. The molecule has 160 valence electrons. The third-order valence-corrected chi connectivity index (χ3v) is 5.31. The molecule has 1 aliphatic rings. The summed E-state index contributed by atoms with van der Waals surface area (Å²) in [7, 11) is 0. The third kappa shape index (κ3) is 12.6. The summed E-state index contributed by atoms with van der Waals surface area (Å²) in [5, 5.41) is 0. The first-order valence-corrected chi connectivity index (χ1v) is 11.7. The van der Waals surface area contributed by atoms with Crippen LogP contribution in [0.4, 0.5) is 0 Å². The molecule has 1 saturated heterocycles. The topological polar surface area (TPSA) is 44.8 Å². The first-order chi connectivity index (χ1) is 13.2. The highest BCUT2D eigenvalue weighted by molar-refractivity contribution is 5.81. The van der Waals surface area contributed by atoms with E-state index >= 15 is 0 Å². The van der Waals surface area contributed by atoms with Crippen molar-refractivity contribution in [1.29, 1.82) is 0 Å². The molecule has 1 aliphatic heterocycles. The Kier molecular flexibility index (Phi) is 15.0. The van der Waals surface area contributed by atoms with Crippen LogP contribution in [-0.2, 0) is 19.0 Å². The number of ether oxygens (including phenoxy) is 3. The molecule has 4 nitrogen and oxygen atoms in total. The van der Waals surface area contributed by atoms with Gasteiger partial charge in [-0.25, -0.2) is 0 Å². The average Bonchev–Trinajstić information content (AvgIpc) is 2.68. The van der Waals surface area contributed by atoms with Gasteiger partial charge in [-0.1, -0.05) is 97.3 Å². The van der Waals surface area contributed by atoms with Gasteiger partial charge in [0.1, 0.15) is 13.2 Å². The van der Waals surface area contributed by atoms with E-state index in [1.807, 2.05) is 0 Å². The first kappa shape index (κ1) is 24.6. The molecule has 0 aromatic rings. The number of ketones is 1. The zero-order chi connectivity index (χ0) is 19.6. The minimum absolute atomic E-state index is 0.000792. The van der Waals surface area contributed by atoms with E-state index in [-0.39, 0.29) is 19.0 Å². The van der Waals surface area contributed by atoms with Gasteiger partial charge in [0, 0.05) is 6.42 Å². The molecule has 0 aliphatic carbocycles. The minimum Gasteiger partial charge on any atom is -0.327 e. The van der Waals surface area contributed by atoms with Crippen LogP contribution in [0.1, 0.15) is 117 Å². The van der Waals surface area contributed by atoms with Gasteiger partial charge in [-0.3, -0.25) is 4.79 Å². The molecule has 4 heteroatoms. The number of hydrogen-bond acceptors (Lipinski definition) is 4. The standard InChI is InChI=1S/C23H44O4/c1-3-5-7-9-10-11-12-13-15-17-19-25-23(18-16-14-8-6-4-2)26-20-22(24)21-27-23/h3-21H2,1-2H3. The van der Waals surface area contributed by atoms with Crippen molar-refractivity contribution in [2.45, 2.75) is 123 Å². The van der Waals surface area contributed by atoms with Crippen molar-refractivity contribution >= 4 is 5.78 Å². The van der Waals surface area contributed by atoms with Crippen LogP contribution in [0.3, 0.4) is 0 Å². The third-order valence-electron chi connectivity index (χ3n) is 5.31. The summed E-state index contributed by atoms with van der Waals surface area (Å²) < 4.78 is 17.4. The largest absolute Gasteiger partial charge is 0.327 e. The van der Waals surface area contributed by atoms with Crippen LogP contribution in [0, 0.1) is 0 Å². The monoisotopic (exact) mass is 384 g/mol. The maximum Gasteiger partial charge on any atom is 0.283 e. The van der Waals surface area contributed by atoms with E-state index < -0.39 is 5.97 Å². The van der Waals surface area contributed by atoms with E-state index in [1.54, 1.807) is 0 Å². The van der Waals surface area contributed by atoms with Crippen LogP contribution in [-0.4, -0.2) is 31.6 Å². The molecule has 0 atom stereocenters. The van der Waals surface area contributed by atoms with Gasteiger partial charge in [0.2, 0.25) is 0 Å². The van der Waals surface area contributed by atoms with Gasteiger partial charge in [0.05, 0.1) is 6.61 Å². The van der Waals surface area contributed by atoms with Crippen LogP contribution in [0.5, 0.6) is 0 Å². The minimum atomic E-state index is -0.973. The quantitative estimate of drug-likeness (QED) is 0.251. The number of Topliss-reactive ketones (excluding diaryl/α,β-unsaturated/α-hetero) is 1. The molecule has 1 heterocycles. The molecule has 0 radical (unpaired) electrons. The summed E-state index contributed by atoms with van der Waals surface area (Å²) in [6.45, 7) is 5.37. The molecule has 0 spiro atoms. The number of carbonyl (C=O) groups is 1. The maximum atomic E-state index is 11.4. The van der Waals surface area contributed by atoms with E-state index in [0.29, 0.717) is 6.61 Å². The van der Waals surface area contributed by atoms with Crippen molar-refractivity contribution < 1.29 is 19.0 Å². The Balaban J connectivity index is 2.10. The van der Waals surface area contributed by atoms with Crippen molar-refractivity contribution in [3.8, 4) is 0 Å². The molecule has 0 saturated carbocycles. The van der Waals surface area contributed by atoms with E-state index in [1.165, 1.54) is 77.0 Å². The van der Waals surface area contributed by atoms with E-state index in [0.717, 1.165) is 25.7 Å². The van der Waals surface area contributed by atoms with Gasteiger partial charge < -0.3 is 14.2 Å². The van der Waals surface area contributed by atoms with Crippen molar-refractivity contribution in [3.63, 3.8) is 0 Å². The van der Waals surface area contributed by atoms with E-state index in [2.05, 4.69) is 13.8 Å². The Hall–Kier alpha value is -0.450. The smallest absolute Gasteiger partial charge is 0.283 e. The average molecular weight is 385 g/mol. The van der Waals surface area contributed by atoms with Gasteiger partial charge in [0.15, 0.2) is 5.78 Å². The fraction of sp³-hybridized carbons (Fsp3) is 0.957. The normalized spacial score (nSPS) is 16.7. The predicted molar refractivity (Wildman–Crippen MR) is 111 cm³/mol. The number of unbranched alkanes of at least 4 members (excludes halogenated alkanes) is 13. The van der Waals surface area contributed by atoms with Gasteiger partial charge >= 0.3 is 0 Å². The van der Waals surface area contributed by atoms with E-state index in [9.17, 15) is 4.79 Å². The highest BCUT2D eigenvalue weighted by Crippen LogP contribution is 2.27. The summed E-state index contributed by atoms with van der Waals surface area (Å²) in [6.07, 6.45) is 19.7. The Morgan fingerprint density at radius 2 is 1.15 bits per heavy atom. The summed E-state index contributed by atoms with van der Waals surface area (Å²) in [6, 6.07) is 0. The molecule has 0 amide bonds. The van der Waals surface area contributed by atoms with Gasteiger partial charge in [0.25, 0.3) is 5.97 Å². The highest BCUT2D eigenvalue weighted by Gasteiger charge is 2.37. The van der Waals surface area contributed by atoms with Crippen molar-refractivity contribution in [1.82, 2.24) is 0 Å². The molecule has 1 fully saturated rings. The molecule has 0 aromatic heterocycles. The molecular formula is C23H44O4. The Morgan fingerprint density at radius 3 is 1.67 bits per heavy atom. The Labute approximate surface area is 167 Å². The van der Waals surface area contributed by atoms with Crippen LogP contribution < -0.4 is 0 Å². The number of carbonyl (C=O) groups excluding carboxylic acids is 1. The summed E-state index contributed by atoms with van der Waals surface area (Å²) >= 11 is 0. The van der Waals surface area contributed by atoms with Crippen molar-refractivity contribution in [2.75, 3.05) is 19.8 Å². The van der Waals surface area contributed by atoms with E-state index in [4.69, 9.17) is 14.2 Å².